The number of hydrogen-bond donors (Lipinski definition) is 2. The number of nitrogens with one attached hydrogen (secondary N) is 1. The summed E-state index contributed by atoms with van der Waals surface area (Å²) in [6, 6.07) is 14.4. The zero-order chi connectivity index (χ0) is 18.5. The highest BCUT2D eigenvalue weighted by molar-refractivity contribution is 7.11. The number of anilines is 1. The maximum atomic E-state index is 9.70. The average Bonchev–Trinajstić information content (AvgIpc) is 3.14. The summed E-state index contributed by atoms with van der Waals surface area (Å²) in [7, 11) is 1.49. The minimum Gasteiger partial charge on any atom is -0.504 e. The number of allylic oxidation sites excluding steroid dienone is 1. The Morgan fingerprint density at radius 2 is 2.15 bits per heavy atom. The predicted octanol–water partition coefficient (Wildman–Crippen LogP) is 5.15. The monoisotopic (exact) mass is 383 g/mol. The molecular weight excluding hydrogens is 370 g/mol. The van der Waals surface area contributed by atoms with Gasteiger partial charge in [-0.25, -0.2) is 4.98 Å². The van der Waals surface area contributed by atoms with Crippen molar-refractivity contribution >= 4 is 34.2 Å². The fraction of sp³-hybridized carbons (Fsp3) is 0.0526. The minimum atomic E-state index is 0.0632. The lowest BCUT2D eigenvalue weighted by atomic mass is 10.1. The van der Waals surface area contributed by atoms with Gasteiger partial charge in [-0.05, 0) is 30.3 Å². The van der Waals surface area contributed by atoms with Crippen LogP contribution in [-0.4, -0.2) is 17.2 Å². The van der Waals surface area contributed by atoms with Gasteiger partial charge in [0.05, 0.1) is 23.5 Å². The highest BCUT2D eigenvalue weighted by atomic mass is 35.5. The fourth-order valence-corrected chi connectivity index (χ4v) is 3.22. The number of nitriles is 1. The normalized spacial score (nSPS) is 11.0. The number of hydrogen-bond acceptors (Lipinski definition) is 6. The lowest BCUT2D eigenvalue weighted by Crippen LogP contribution is -1.91. The second kappa shape index (κ2) is 7.91. The van der Waals surface area contributed by atoms with Crippen molar-refractivity contribution in [1.29, 1.82) is 5.26 Å². The van der Waals surface area contributed by atoms with Crippen molar-refractivity contribution in [1.82, 2.24) is 4.98 Å². The molecule has 7 heteroatoms. The number of phenols is 1. The topological polar surface area (TPSA) is 78.2 Å². The third-order valence-corrected chi connectivity index (χ3v) is 4.78. The molecule has 1 heterocycles. The van der Waals surface area contributed by atoms with Gasteiger partial charge < -0.3 is 15.2 Å². The first-order valence-electron chi connectivity index (χ1n) is 7.57. The molecule has 0 radical (unpaired) electrons. The third kappa shape index (κ3) is 3.80. The van der Waals surface area contributed by atoms with Gasteiger partial charge in [0.2, 0.25) is 0 Å². The van der Waals surface area contributed by atoms with E-state index in [1.807, 2.05) is 23.6 Å². The van der Waals surface area contributed by atoms with Crippen molar-refractivity contribution in [2.24, 2.45) is 0 Å². The summed E-state index contributed by atoms with van der Waals surface area (Å²) >= 11 is 7.46. The molecule has 130 valence electrons. The van der Waals surface area contributed by atoms with E-state index >= 15 is 0 Å². The number of nitrogens with zero attached hydrogens (tertiary/aromatic N) is 2. The molecule has 0 aliphatic rings. The van der Waals surface area contributed by atoms with E-state index < -0.39 is 0 Å². The largest absolute Gasteiger partial charge is 0.504 e. The van der Waals surface area contributed by atoms with Gasteiger partial charge >= 0.3 is 0 Å². The molecule has 0 amide bonds. The Morgan fingerprint density at radius 1 is 1.35 bits per heavy atom. The molecule has 3 rings (SSSR count). The summed E-state index contributed by atoms with van der Waals surface area (Å²) in [5, 5.41) is 25.2. The third-order valence-electron chi connectivity index (χ3n) is 3.58. The number of thiazole rings is 1. The molecule has 0 saturated heterocycles. The smallest absolute Gasteiger partial charge is 0.161 e. The van der Waals surface area contributed by atoms with E-state index in [1.54, 1.807) is 30.5 Å². The molecule has 0 fully saturated rings. The first-order valence-corrected chi connectivity index (χ1v) is 8.82. The lowest BCUT2D eigenvalue weighted by molar-refractivity contribution is 0.373. The number of ether oxygens (including phenoxy) is 1. The molecule has 2 aromatic carbocycles. The van der Waals surface area contributed by atoms with E-state index in [0.717, 1.165) is 5.56 Å². The summed E-state index contributed by atoms with van der Waals surface area (Å²) in [4.78, 5) is 4.51. The molecule has 1 aromatic heterocycles. The average molecular weight is 384 g/mol. The molecule has 5 nitrogen and oxygen atoms in total. The van der Waals surface area contributed by atoms with Crippen LogP contribution in [-0.2, 0) is 0 Å². The maximum Gasteiger partial charge on any atom is 0.161 e. The molecule has 2 N–H and O–H groups in total. The Morgan fingerprint density at radius 3 is 2.88 bits per heavy atom. The van der Waals surface area contributed by atoms with Crippen LogP contribution in [0.1, 0.15) is 5.01 Å². The Hall–Kier alpha value is -3.01. The van der Waals surface area contributed by atoms with E-state index in [-0.39, 0.29) is 5.75 Å². The second-order valence-electron chi connectivity index (χ2n) is 5.22. The highest BCUT2D eigenvalue weighted by Gasteiger charge is 2.11. The van der Waals surface area contributed by atoms with Crippen LogP contribution in [0, 0.1) is 11.3 Å². The summed E-state index contributed by atoms with van der Waals surface area (Å²) in [5.74, 6) is 0.432. The Labute approximate surface area is 159 Å². The van der Waals surface area contributed by atoms with Gasteiger partial charge in [-0.2, -0.15) is 5.26 Å². The zero-order valence-corrected chi connectivity index (χ0v) is 15.3. The van der Waals surface area contributed by atoms with Gasteiger partial charge in [0.15, 0.2) is 11.5 Å². The number of para-hydroxylation sites is 1. The van der Waals surface area contributed by atoms with Crippen LogP contribution in [0.15, 0.2) is 54.0 Å². The first-order chi connectivity index (χ1) is 12.6. The van der Waals surface area contributed by atoms with Gasteiger partial charge in [-0.1, -0.05) is 23.7 Å². The Balaban J connectivity index is 1.87. The Kier molecular flexibility index (Phi) is 5.42. The summed E-state index contributed by atoms with van der Waals surface area (Å²) in [6.45, 7) is 0. The number of rotatable bonds is 5. The number of benzene rings is 2. The SMILES string of the molecule is COc1cc(-c2csc(C(C#N)=CNc3ccccc3Cl)n2)ccc1O. The van der Waals surface area contributed by atoms with Crippen molar-refractivity contribution in [3.63, 3.8) is 0 Å². The Bertz CT molecular complexity index is 1010. The van der Waals surface area contributed by atoms with E-state index in [9.17, 15) is 10.4 Å². The first kappa shape index (κ1) is 17.8. The van der Waals surface area contributed by atoms with Gasteiger partial charge in [-0.3, -0.25) is 0 Å². The van der Waals surface area contributed by atoms with Crippen LogP contribution in [0.2, 0.25) is 5.02 Å². The minimum absolute atomic E-state index is 0.0632. The van der Waals surface area contributed by atoms with Crippen molar-refractivity contribution in [3.05, 3.63) is 64.1 Å². The van der Waals surface area contributed by atoms with Crippen LogP contribution in [0.3, 0.4) is 0 Å². The number of methoxy groups -OCH3 is 1. The molecule has 0 aliphatic heterocycles. The summed E-state index contributed by atoms with van der Waals surface area (Å²) < 4.78 is 5.12. The molecule has 0 unspecified atom stereocenters. The van der Waals surface area contributed by atoms with Gasteiger partial charge in [-0.15, -0.1) is 11.3 Å². The lowest BCUT2D eigenvalue weighted by Gasteiger charge is -2.05. The van der Waals surface area contributed by atoms with Crippen molar-refractivity contribution in [3.8, 4) is 28.8 Å². The molecule has 3 aromatic rings. The van der Waals surface area contributed by atoms with Crippen LogP contribution in [0.4, 0.5) is 5.69 Å². The van der Waals surface area contributed by atoms with Crippen LogP contribution in [0.5, 0.6) is 11.5 Å². The number of phenolic OH excluding ortho intramolecular Hbond substituents is 1. The maximum absolute atomic E-state index is 9.70. The van der Waals surface area contributed by atoms with Crippen LogP contribution < -0.4 is 10.1 Å². The van der Waals surface area contributed by atoms with Crippen molar-refractivity contribution < 1.29 is 9.84 Å². The molecule has 0 saturated carbocycles. The molecule has 0 spiro atoms. The number of aromatic hydroxyl groups is 1. The number of halogens is 1. The van der Waals surface area contributed by atoms with E-state index in [2.05, 4.69) is 16.4 Å². The van der Waals surface area contributed by atoms with Crippen molar-refractivity contribution in [2.75, 3.05) is 12.4 Å². The molecule has 0 aliphatic carbocycles. The van der Waals surface area contributed by atoms with Gasteiger partial charge in [0.25, 0.3) is 0 Å². The molecular formula is C19H14ClN3O2S. The zero-order valence-electron chi connectivity index (χ0n) is 13.7. The second-order valence-corrected chi connectivity index (χ2v) is 6.48. The fourth-order valence-electron chi connectivity index (χ4n) is 2.24. The number of aromatic nitrogens is 1. The van der Waals surface area contributed by atoms with Crippen LogP contribution >= 0.6 is 22.9 Å². The predicted molar refractivity (Wildman–Crippen MR) is 104 cm³/mol. The van der Waals surface area contributed by atoms with Crippen LogP contribution in [0.25, 0.3) is 16.8 Å². The summed E-state index contributed by atoms with van der Waals surface area (Å²) in [5.41, 5.74) is 2.59. The standard InChI is InChI=1S/C19H14ClN3O2S/c1-25-18-8-12(6-7-17(18)24)16-11-26-19(23-16)13(9-21)10-22-15-5-3-2-4-14(15)20/h2-8,10-11,22,24H,1H3. The van der Waals surface area contributed by atoms with E-state index in [0.29, 0.717) is 32.7 Å². The summed E-state index contributed by atoms with van der Waals surface area (Å²) in [6.07, 6.45) is 1.58. The van der Waals surface area contributed by atoms with Crippen molar-refractivity contribution in [2.45, 2.75) is 0 Å². The molecule has 26 heavy (non-hydrogen) atoms. The highest BCUT2D eigenvalue weighted by Crippen LogP contribution is 2.33. The van der Waals surface area contributed by atoms with Gasteiger partial charge in [0.1, 0.15) is 16.6 Å². The molecule has 0 bridgehead atoms. The molecule has 0 atom stereocenters. The van der Waals surface area contributed by atoms with E-state index in [1.165, 1.54) is 18.4 Å². The quantitative estimate of drug-likeness (QED) is 0.595. The van der Waals surface area contributed by atoms with Gasteiger partial charge in [0, 0.05) is 17.1 Å². The van der Waals surface area contributed by atoms with E-state index in [4.69, 9.17) is 16.3 Å².